The topological polar surface area (TPSA) is 37.5 Å². The molecule has 1 N–H and O–H groups in total. The number of pyridine rings is 1. The molecule has 1 unspecified atom stereocenters. The van der Waals surface area contributed by atoms with Crippen LogP contribution in [0.15, 0.2) is 24.5 Å². The summed E-state index contributed by atoms with van der Waals surface area (Å²) in [5.74, 6) is 0.862. The van der Waals surface area contributed by atoms with E-state index in [0.29, 0.717) is 10.3 Å². The van der Waals surface area contributed by atoms with E-state index in [0.717, 1.165) is 23.5 Å². The number of aromatic nitrogens is 2. The Hall–Kier alpha value is -0.710. The maximum absolute atomic E-state index is 8.83. The van der Waals surface area contributed by atoms with Crippen LogP contribution in [0.1, 0.15) is 19.0 Å². The van der Waals surface area contributed by atoms with E-state index >= 15 is 0 Å². The van der Waals surface area contributed by atoms with Gasteiger partial charge in [0.25, 0.3) is 0 Å². The van der Waals surface area contributed by atoms with Gasteiger partial charge in [0.15, 0.2) is 0 Å². The van der Waals surface area contributed by atoms with E-state index in [1.807, 2.05) is 28.9 Å². The molecule has 0 aliphatic rings. The van der Waals surface area contributed by atoms with Gasteiger partial charge in [-0.15, -0.1) is 0 Å². The lowest BCUT2D eigenvalue weighted by Crippen LogP contribution is -1.99. The van der Waals surface area contributed by atoms with Gasteiger partial charge in [-0.1, -0.05) is 18.5 Å². The monoisotopic (exact) mass is 270 g/mol. The first-order valence-corrected chi connectivity index (χ1v) is 6.97. The number of thioether (sulfide) groups is 1. The summed E-state index contributed by atoms with van der Waals surface area (Å²) in [5.41, 5.74) is 1.96. The van der Waals surface area contributed by atoms with E-state index in [9.17, 15) is 0 Å². The Bertz CT molecular complexity index is 500. The molecule has 2 aromatic rings. The minimum atomic E-state index is 0.245. The summed E-state index contributed by atoms with van der Waals surface area (Å²) in [6.07, 6.45) is 4.68. The fourth-order valence-electron chi connectivity index (χ4n) is 1.58. The molecule has 0 bridgehead atoms. The Kier molecular flexibility index (Phi) is 4.31. The number of aliphatic hydroxyl groups is 1. The van der Waals surface area contributed by atoms with Crippen molar-refractivity contribution in [3.8, 4) is 0 Å². The van der Waals surface area contributed by atoms with Crippen LogP contribution in [0.4, 0.5) is 0 Å². The highest BCUT2D eigenvalue weighted by atomic mass is 35.5. The van der Waals surface area contributed by atoms with Crippen molar-refractivity contribution in [2.24, 2.45) is 0 Å². The molecule has 0 aromatic carbocycles. The van der Waals surface area contributed by atoms with Gasteiger partial charge in [0.1, 0.15) is 5.65 Å². The van der Waals surface area contributed by atoms with Crippen LogP contribution < -0.4 is 0 Å². The summed E-state index contributed by atoms with van der Waals surface area (Å²) >= 11 is 7.72. The van der Waals surface area contributed by atoms with Crippen LogP contribution in [0, 0.1) is 0 Å². The van der Waals surface area contributed by atoms with Gasteiger partial charge < -0.3 is 9.51 Å². The number of aliphatic hydroxyl groups excluding tert-OH is 1. The molecular weight excluding hydrogens is 256 g/mol. The Morgan fingerprint density at radius 2 is 2.29 bits per heavy atom. The molecule has 1 atom stereocenters. The molecule has 0 fully saturated rings. The van der Waals surface area contributed by atoms with Gasteiger partial charge in [-0.25, -0.2) is 4.98 Å². The van der Waals surface area contributed by atoms with Crippen LogP contribution in [0.3, 0.4) is 0 Å². The first kappa shape index (κ1) is 12.7. The predicted molar refractivity (Wildman–Crippen MR) is 72.7 cm³/mol. The van der Waals surface area contributed by atoms with Crippen molar-refractivity contribution in [2.75, 3.05) is 6.61 Å². The second kappa shape index (κ2) is 5.76. The smallest absolute Gasteiger partial charge is 0.137 e. The molecule has 2 heterocycles. The summed E-state index contributed by atoms with van der Waals surface area (Å²) in [7, 11) is 0. The van der Waals surface area contributed by atoms with Crippen molar-refractivity contribution < 1.29 is 5.11 Å². The van der Waals surface area contributed by atoms with Gasteiger partial charge in [0, 0.05) is 30.0 Å². The largest absolute Gasteiger partial charge is 0.396 e. The van der Waals surface area contributed by atoms with Gasteiger partial charge in [-0.05, 0) is 18.6 Å². The number of imidazole rings is 1. The normalized spacial score (nSPS) is 13.1. The average molecular weight is 271 g/mol. The third-order valence-corrected chi connectivity index (χ3v) is 4.01. The van der Waals surface area contributed by atoms with Crippen LogP contribution in [0.2, 0.25) is 5.02 Å². The molecule has 2 aromatic heterocycles. The Morgan fingerprint density at radius 3 is 3.06 bits per heavy atom. The second-order valence-electron chi connectivity index (χ2n) is 3.98. The van der Waals surface area contributed by atoms with Crippen LogP contribution in [0.25, 0.3) is 5.65 Å². The Morgan fingerprint density at radius 1 is 1.47 bits per heavy atom. The fourth-order valence-corrected chi connectivity index (χ4v) is 2.61. The molecule has 92 valence electrons. The molecule has 0 saturated carbocycles. The summed E-state index contributed by atoms with van der Waals surface area (Å²) in [6.45, 7) is 2.36. The average Bonchev–Trinajstić information content (AvgIpc) is 2.68. The first-order chi connectivity index (χ1) is 8.19. The zero-order valence-electron chi connectivity index (χ0n) is 9.64. The van der Waals surface area contributed by atoms with Crippen LogP contribution in [-0.2, 0) is 5.75 Å². The molecule has 17 heavy (non-hydrogen) atoms. The highest BCUT2D eigenvalue weighted by Gasteiger charge is 2.06. The summed E-state index contributed by atoms with van der Waals surface area (Å²) in [6, 6.07) is 3.75. The number of rotatable bonds is 5. The molecule has 0 aliphatic carbocycles. The quantitative estimate of drug-likeness (QED) is 0.908. The zero-order chi connectivity index (χ0) is 12.3. The van der Waals surface area contributed by atoms with Gasteiger partial charge >= 0.3 is 0 Å². The lowest BCUT2D eigenvalue weighted by molar-refractivity contribution is 0.289. The van der Waals surface area contributed by atoms with Crippen LogP contribution >= 0.6 is 23.4 Å². The fraction of sp³-hybridized carbons (Fsp3) is 0.417. The molecule has 0 radical (unpaired) electrons. The van der Waals surface area contributed by atoms with Crippen molar-refractivity contribution in [1.82, 2.24) is 9.38 Å². The van der Waals surface area contributed by atoms with Gasteiger partial charge in [0.05, 0.1) is 10.7 Å². The molecule has 0 saturated heterocycles. The molecule has 0 amide bonds. The van der Waals surface area contributed by atoms with Crippen molar-refractivity contribution in [2.45, 2.75) is 24.3 Å². The van der Waals surface area contributed by atoms with E-state index < -0.39 is 0 Å². The van der Waals surface area contributed by atoms with Gasteiger partial charge in [0.2, 0.25) is 0 Å². The Balaban J connectivity index is 2.04. The minimum absolute atomic E-state index is 0.245. The molecule has 2 rings (SSSR count). The van der Waals surface area contributed by atoms with E-state index in [4.69, 9.17) is 16.7 Å². The molecule has 3 nitrogen and oxygen atoms in total. The highest BCUT2D eigenvalue weighted by molar-refractivity contribution is 7.99. The van der Waals surface area contributed by atoms with E-state index in [2.05, 4.69) is 11.9 Å². The summed E-state index contributed by atoms with van der Waals surface area (Å²) < 4.78 is 1.94. The zero-order valence-corrected chi connectivity index (χ0v) is 11.2. The maximum atomic E-state index is 8.83. The lowest BCUT2D eigenvalue weighted by atomic mass is 10.3. The van der Waals surface area contributed by atoms with Crippen molar-refractivity contribution in [3.05, 3.63) is 35.2 Å². The lowest BCUT2D eigenvalue weighted by Gasteiger charge is -2.06. The van der Waals surface area contributed by atoms with E-state index in [1.165, 1.54) is 0 Å². The maximum Gasteiger partial charge on any atom is 0.137 e. The van der Waals surface area contributed by atoms with Crippen LogP contribution in [-0.4, -0.2) is 26.3 Å². The minimum Gasteiger partial charge on any atom is -0.396 e. The van der Waals surface area contributed by atoms with Gasteiger partial charge in [-0.3, -0.25) is 0 Å². The number of fused-ring (bicyclic) bond motifs is 1. The van der Waals surface area contributed by atoms with Gasteiger partial charge in [-0.2, -0.15) is 11.8 Å². The highest BCUT2D eigenvalue weighted by Crippen LogP contribution is 2.20. The van der Waals surface area contributed by atoms with E-state index in [-0.39, 0.29) is 6.61 Å². The van der Waals surface area contributed by atoms with Crippen molar-refractivity contribution in [3.63, 3.8) is 0 Å². The van der Waals surface area contributed by atoms with Crippen molar-refractivity contribution in [1.29, 1.82) is 0 Å². The first-order valence-electron chi connectivity index (χ1n) is 5.54. The number of nitrogens with zero attached hydrogens (tertiary/aromatic N) is 2. The number of halogens is 1. The Labute approximate surface area is 110 Å². The second-order valence-corrected chi connectivity index (χ2v) is 5.84. The van der Waals surface area contributed by atoms with Crippen LogP contribution in [0.5, 0.6) is 0 Å². The standard InChI is InChI=1S/C12H15ClN2OS/c1-9(4-5-16)17-8-11-7-15-6-10(13)2-3-12(15)14-11/h2-3,6-7,9,16H,4-5,8H2,1H3. The predicted octanol–water partition coefficient (Wildman–Crippen LogP) is 2.99. The summed E-state index contributed by atoms with van der Waals surface area (Å²) in [5, 5.41) is 9.99. The molecule has 0 spiro atoms. The molecule has 0 aliphatic heterocycles. The molecule has 5 heteroatoms. The SMILES string of the molecule is CC(CCO)SCc1cn2cc(Cl)ccc2n1. The number of hydrogen-bond donors (Lipinski definition) is 1. The van der Waals surface area contributed by atoms with E-state index in [1.54, 1.807) is 11.8 Å². The third kappa shape index (κ3) is 3.37. The van der Waals surface area contributed by atoms with Crippen molar-refractivity contribution >= 4 is 29.0 Å². The summed E-state index contributed by atoms with van der Waals surface area (Å²) in [4.78, 5) is 4.51. The molecular formula is C12H15ClN2OS. The number of hydrogen-bond acceptors (Lipinski definition) is 3. The third-order valence-electron chi connectivity index (χ3n) is 2.52.